The molecule has 1 rings (SSSR count). The summed E-state index contributed by atoms with van der Waals surface area (Å²) < 4.78 is 0. The van der Waals surface area contributed by atoms with Crippen molar-refractivity contribution in [3.8, 4) is 0 Å². The fourth-order valence-electron chi connectivity index (χ4n) is 1.70. The van der Waals surface area contributed by atoms with E-state index in [4.69, 9.17) is 0 Å². The Morgan fingerprint density at radius 1 is 1.12 bits per heavy atom. The molecule has 88 valence electrons. The zero-order chi connectivity index (χ0) is 11.6. The number of hydrogen-bond acceptors (Lipinski definition) is 1. The van der Waals surface area contributed by atoms with Crippen molar-refractivity contribution in [2.24, 2.45) is 0 Å². The first-order valence-corrected chi connectivity index (χ1v) is 6.20. The molecule has 0 aliphatic heterocycles. The molecular formula is C15H22O. The highest BCUT2D eigenvalue weighted by atomic mass is 16.3. The average Bonchev–Trinajstić information content (AvgIpc) is 2.33. The maximum Gasteiger partial charge on any atom is 0.0546 e. The van der Waals surface area contributed by atoms with Gasteiger partial charge in [0.05, 0.1) is 6.10 Å². The molecule has 0 aromatic heterocycles. The molecule has 0 aliphatic carbocycles. The molecule has 1 atom stereocenters. The Kier molecular flexibility index (Phi) is 6.59. The molecule has 0 unspecified atom stereocenters. The lowest BCUT2D eigenvalue weighted by Crippen LogP contribution is -2.07. The van der Waals surface area contributed by atoms with Crippen LogP contribution in [0.3, 0.4) is 0 Å². The Labute approximate surface area is 98.8 Å². The van der Waals surface area contributed by atoms with Crippen LogP contribution in [-0.4, -0.2) is 11.2 Å². The van der Waals surface area contributed by atoms with Gasteiger partial charge in [0.25, 0.3) is 0 Å². The molecule has 0 saturated heterocycles. The fourth-order valence-corrected chi connectivity index (χ4v) is 1.70. The SMILES string of the molecule is CCC=CCC[C@H](O)CCc1ccccc1. The van der Waals surface area contributed by atoms with Crippen LogP contribution in [0.15, 0.2) is 42.5 Å². The normalized spacial score (nSPS) is 13.1. The van der Waals surface area contributed by atoms with Gasteiger partial charge >= 0.3 is 0 Å². The molecule has 0 radical (unpaired) electrons. The zero-order valence-corrected chi connectivity index (χ0v) is 10.1. The third-order valence-corrected chi connectivity index (χ3v) is 2.68. The maximum absolute atomic E-state index is 9.78. The van der Waals surface area contributed by atoms with Crippen LogP contribution in [0.2, 0.25) is 0 Å². The smallest absolute Gasteiger partial charge is 0.0546 e. The molecule has 1 nitrogen and oxygen atoms in total. The second-order valence-electron chi connectivity index (χ2n) is 4.14. The Hall–Kier alpha value is -1.08. The Balaban J connectivity index is 2.15. The largest absolute Gasteiger partial charge is 0.393 e. The van der Waals surface area contributed by atoms with E-state index in [0.29, 0.717) is 0 Å². The monoisotopic (exact) mass is 218 g/mol. The highest BCUT2D eigenvalue weighted by Gasteiger charge is 2.02. The number of aliphatic hydroxyl groups is 1. The minimum Gasteiger partial charge on any atom is -0.393 e. The lowest BCUT2D eigenvalue weighted by atomic mass is 10.0. The molecule has 1 aromatic rings. The van der Waals surface area contributed by atoms with Crippen molar-refractivity contribution in [2.45, 2.75) is 45.1 Å². The van der Waals surface area contributed by atoms with E-state index in [1.807, 2.05) is 18.2 Å². The Bertz CT molecular complexity index is 290. The van der Waals surface area contributed by atoms with Gasteiger partial charge in [0.15, 0.2) is 0 Å². The van der Waals surface area contributed by atoms with Gasteiger partial charge in [0.2, 0.25) is 0 Å². The van der Waals surface area contributed by atoms with Crippen LogP contribution in [-0.2, 0) is 6.42 Å². The summed E-state index contributed by atoms with van der Waals surface area (Å²) in [6, 6.07) is 10.3. The van der Waals surface area contributed by atoms with Gasteiger partial charge in [-0.25, -0.2) is 0 Å². The van der Waals surface area contributed by atoms with Gasteiger partial charge < -0.3 is 5.11 Å². The number of aliphatic hydroxyl groups excluding tert-OH is 1. The first kappa shape index (κ1) is 13.0. The standard InChI is InChI=1S/C15H22O/c1-2-3-4-8-11-15(16)13-12-14-9-6-5-7-10-14/h3-7,9-10,15-16H,2,8,11-13H2,1H3/t15-/m0/s1. The first-order chi connectivity index (χ1) is 7.83. The van der Waals surface area contributed by atoms with Crippen molar-refractivity contribution < 1.29 is 5.11 Å². The molecule has 0 fully saturated rings. The first-order valence-electron chi connectivity index (χ1n) is 6.20. The number of hydrogen-bond donors (Lipinski definition) is 1. The molecule has 16 heavy (non-hydrogen) atoms. The molecule has 0 bridgehead atoms. The van der Waals surface area contributed by atoms with Gasteiger partial charge in [0, 0.05) is 0 Å². The van der Waals surface area contributed by atoms with Gasteiger partial charge in [-0.1, -0.05) is 49.4 Å². The van der Waals surface area contributed by atoms with Crippen molar-refractivity contribution in [3.63, 3.8) is 0 Å². The summed E-state index contributed by atoms with van der Waals surface area (Å²) in [6.07, 6.45) is 8.94. The summed E-state index contributed by atoms with van der Waals surface area (Å²) in [5.74, 6) is 0. The Morgan fingerprint density at radius 2 is 1.88 bits per heavy atom. The van der Waals surface area contributed by atoms with Crippen LogP contribution in [0.1, 0.15) is 38.2 Å². The van der Waals surface area contributed by atoms with E-state index in [1.165, 1.54) is 5.56 Å². The topological polar surface area (TPSA) is 20.2 Å². The number of aryl methyl sites for hydroxylation is 1. The highest BCUT2D eigenvalue weighted by molar-refractivity contribution is 5.14. The van der Waals surface area contributed by atoms with Gasteiger partial charge in [-0.2, -0.15) is 0 Å². The van der Waals surface area contributed by atoms with E-state index in [9.17, 15) is 5.11 Å². The Morgan fingerprint density at radius 3 is 2.56 bits per heavy atom. The second kappa shape index (κ2) is 8.12. The van der Waals surface area contributed by atoms with Crippen LogP contribution in [0.25, 0.3) is 0 Å². The molecule has 1 aromatic carbocycles. The molecule has 0 amide bonds. The fraction of sp³-hybridized carbons (Fsp3) is 0.467. The van der Waals surface area contributed by atoms with Crippen LogP contribution in [0, 0.1) is 0 Å². The quantitative estimate of drug-likeness (QED) is 0.691. The molecule has 0 heterocycles. The van der Waals surface area contributed by atoms with Crippen molar-refractivity contribution in [2.75, 3.05) is 0 Å². The van der Waals surface area contributed by atoms with Crippen LogP contribution >= 0.6 is 0 Å². The van der Waals surface area contributed by atoms with E-state index < -0.39 is 0 Å². The average molecular weight is 218 g/mol. The van der Waals surface area contributed by atoms with Crippen molar-refractivity contribution in [1.82, 2.24) is 0 Å². The van der Waals surface area contributed by atoms with Gasteiger partial charge in [-0.3, -0.25) is 0 Å². The minimum absolute atomic E-state index is 0.165. The van der Waals surface area contributed by atoms with Crippen LogP contribution in [0.4, 0.5) is 0 Å². The summed E-state index contributed by atoms with van der Waals surface area (Å²) in [5, 5.41) is 9.78. The van der Waals surface area contributed by atoms with E-state index in [0.717, 1.165) is 32.1 Å². The number of rotatable bonds is 7. The van der Waals surface area contributed by atoms with E-state index in [1.54, 1.807) is 0 Å². The molecule has 0 aliphatic rings. The van der Waals surface area contributed by atoms with E-state index in [2.05, 4.69) is 31.2 Å². The van der Waals surface area contributed by atoms with Gasteiger partial charge in [-0.15, -0.1) is 0 Å². The summed E-state index contributed by atoms with van der Waals surface area (Å²) in [5.41, 5.74) is 1.31. The van der Waals surface area contributed by atoms with Gasteiger partial charge in [0.1, 0.15) is 0 Å². The van der Waals surface area contributed by atoms with Crippen LogP contribution in [0.5, 0.6) is 0 Å². The molecule has 1 N–H and O–H groups in total. The minimum atomic E-state index is -0.165. The summed E-state index contributed by atoms with van der Waals surface area (Å²) >= 11 is 0. The highest BCUT2D eigenvalue weighted by Crippen LogP contribution is 2.09. The predicted octanol–water partition coefficient (Wildman–Crippen LogP) is 3.73. The van der Waals surface area contributed by atoms with Gasteiger partial charge in [-0.05, 0) is 37.7 Å². The predicted molar refractivity (Wildman–Crippen MR) is 69.4 cm³/mol. The lowest BCUT2D eigenvalue weighted by molar-refractivity contribution is 0.156. The molecule has 1 heteroatoms. The molecule has 0 saturated carbocycles. The summed E-state index contributed by atoms with van der Waals surface area (Å²) in [4.78, 5) is 0. The molecule has 0 spiro atoms. The summed E-state index contributed by atoms with van der Waals surface area (Å²) in [6.45, 7) is 2.13. The van der Waals surface area contributed by atoms with Crippen molar-refractivity contribution in [1.29, 1.82) is 0 Å². The van der Waals surface area contributed by atoms with E-state index >= 15 is 0 Å². The number of allylic oxidation sites excluding steroid dienone is 2. The molecular weight excluding hydrogens is 196 g/mol. The van der Waals surface area contributed by atoms with E-state index in [-0.39, 0.29) is 6.10 Å². The lowest BCUT2D eigenvalue weighted by Gasteiger charge is -2.08. The van der Waals surface area contributed by atoms with Crippen molar-refractivity contribution in [3.05, 3.63) is 48.0 Å². The zero-order valence-electron chi connectivity index (χ0n) is 10.1. The third-order valence-electron chi connectivity index (χ3n) is 2.68. The van der Waals surface area contributed by atoms with Crippen LogP contribution < -0.4 is 0 Å². The third kappa shape index (κ3) is 5.72. The van der Waals surface area contributed by atoms with Crippen molar-refractivity contribution >= 4 is 0 Å². The second-order valence-corrected chi connectivity index (χ2v) is 4.14. The maximum atomic E-state index is 9.78. The summed E-state index contributed by atoms with van der Waals surface area (Å²) in [7, 11) is 0. The number of benzene rings is 1.